The van der Waals surface area contributed by atoms with Crippen molar-refractivity contribution in [2.24, 2.45) is 0 Å². The number of hydrogen-bond donors (Lipinski definition) is 0. The lowest BCUT2D eigenvalue weighted by Gasteiger charge is -2.22. The minimum Gasteiger partial charge on any atom is -0.140 e. The Hall–Kier alpha value is -0.773. The van der Waals surface area contributed by atoms with Gasteiger partial charge in [0.1, 0.15) is 9.52 Å². The van der Waals surface area contributed by atoms with E-state index < -0.39 is 0 Å². The van der Waals surface area contributed by atoms with Crippen molar-refractivity contribution in [3.8, 4) is 0 Å². The Morgan fingerprint density at radius 3 is 2.79 bits per heavy atom. The molecule has 0 aromatic carbocycles. The van der Waals surface area contributed by atoms with Crippen LogP contribution >= 0.6 is 0 Å². The van der Waals surface area contributed by atoms with E-state index in [4.69, 9.17) is 0 Å². The Morgan fingerprint density at radius 1 is 1.29 bits per heavy atom. The average molecular weight is 205 g/mol. The summed E-state index contributed by atoms with van der Waals surface area (Å²) in [5.74, 6) is 0.703. The number of hydrogen-bond acceptors (Lipinski definition) is 3. The molecule has 1 saturated carbocycles. The van der Waals surface area contributed by atoms with Gasteiger partial charge in [0.25, 0.3) is 0 Å². The van der Waals surface area contributed by atoms with E-state index in [1.165, 1.54) is 43.0 Å². The van der Waals surface area contributed by atoms with E-state index in [-0.39, 0.29) is 0 Å². The molecule has 0 unspecified atom stereocenters. The molecule has 1 aromatic heterocycles. The third-order valence-electron chi connectivity index (χ3n) is 2.95. The van der Waals surface area contributed by atoms with Gasteiger partial charge in [0.15, 0.2) is 0 Å². The number of aromatic nitrogens is 3. The number of nitrogens with zero attached hydrogens (tertiary/aromatic N) is 3. The highest BCUT2D eigenvalue weighted by atomic mass is 28.2. The monoisotopic (exact) mass is 205 g/mol. The first kappa shape index (κ1) is 9.77. The largest absolute Gasteiger partial charge is 0.140 e. The molecule has 0 atom stereocenters. The molecule has 1 aromatic rings. The van der Waals surface area contributed by atoms with Gasteiger partial charge < -0.3 is 0 Å². The summed E-state index contributed by atoms with van der Waals surface area (Å²) in [7, 11) is 0.740. The molecule has 14 heavy (non-hydrogen) atoms. The van der Waals surface area contributed by atoms with Crippen LogP contribution in [-0.2, 0) is 0 Å². The molecule has 4 heteroatoms. The van der Waals surface area contributed by atoms with Gasteiger partial charge in [-0.2, -0.15) is 0 Å². The van der Waals surface area contributed by atoms with Crippen LogP contribution < -0.4 is 5.32 Å². The zero-order chi connectivity index (χ0) is 9.80. The minimum atomic E-state index is 0.703. The lowest BCUT2D eigenvalue weighted by Crippen LogP contribution is -2.26. The molecule has 1 aliphatic carbocycles. The zero-order valence-corrected chi connectivity index (χ0v) is 9.53. The molecule has 0 aliphatic heterocycles. The van der Waals surface area contributed by atoms with Crippen LogP contribution in [0.15, 0.2) is 6.20 Å². The van der Waals surface area contributed by atoms with Crippen molar-refractivity contribution >= 4 is 14.8 Å². The van der Waals surface area contributed by atoms with Crippen LogP contribution in [0.2, 0.25) is 6.55 Å². The molecule has 0 amide bonds. The third-order valence-corrected chi connectivity index (χ3v) is 3.81. The maximum Gasteiger partial charge on any atom is 0.107 e. The number of rotatable bonds is 2. The van der Waals surface area contributed by atoms with Crippen molar-refractivity contribution in [1.29, 1.82) is 0 Å². The molecule has 0 spiro atoms. The topological polar surface area (TPSA) is 38.7 Å². The molecule has 0 bridgehead atoms. The van der Waals surface area contributed by atoms with Gasteiger partial charge in [-0.25, -0.2) is 0 Å². The van der Waals surface area contributed by atoms with E-state index in [2.05, 4.69) is 22.0 Å². The molecule has 1 heterocycles. The second-order valence-corrected chi connectivity index (χ2v) is 4.80. The lowest BCUT2D eigenvalue weighted by molar-refractivity contribution is 0.442. The molecule has 74 valence electrons. The zero-order valence-electron chi connectivity index (χ0n) is 8.53. The van der Waals surface area contributed by atoms with Crippen LogP contribution in [0.25, 0.3) is 0 Å². The Kier molecular flexibility index (Phi) is 3.24. The smallest absolute Gasteiger partial charge is 0.107 e. The molecular formula is C10H15N3Si. The van der Waals surface area contributed by atoms with Crippen LogP contribution in [0, 0.1) is 0 Å². The fourth-order valence-electron chi connectivity index (χ4n) is 2.18. The van der Waals surface area contributed by atoms with E-state index in [1.807, 2.05) is 6.20 Å². The Balaban J connectivity index is 2.20. The normalized spacial score (nSPS) is 18.4. The van der Waals surface area contributed by atoms with Crippen LogP contribution in [0.5, 0.6) is 0 Å². The summed E-state index contributed by atoms with van der Waals surface area (Å²) < 4.78 is 0. The fraction of sp³-hybridized carbons (Fsp3) is 0.700. The molecule has 3 nitrogen and oxygen atoms in total. The fourth-order valence-corrected chi connectivity index (χ4v) is 2.89. The highest BCUT2D eigenvalue weighted by Crippen LogP contribution is 2.30. The average Bonchev–Trinajstić information content (AvgIpc) is 2.30. The van der Waals surface area contributed by atoms with Gasteiger partial charge in [0, 0.05) is 5.32 Å². The summed E-state index contributed by atoms with van der Waals surface area (Å²) in [4.78, 5) is 0. The molecule has 1 fully saturated rings. The Bertz CT molecular complexity index is 297. The highest BCUT2D eigenvalue weighted by molar-refractivity contribution is 6.51. The van der Waals surface area contributed by atoms with Crippen LogP contribution in [0.1, 0.15) is 43.6 Å². The lowest BCUT2D eigenvalue weighted by atomic mass is 9.85. The van der Waals surface area contributed by atoms with Gasteiger partial charge in [-0.1, -0.05) is 25.8 Å². The van der Waals surface area contributed by atoms with E-state index in [0.717, 1.165) is 9.52 Å². The van der Waals surface area contributed by atoms with E-state index in [1.54, 1.807) is 0 Å². The van der Waals surface area contributed by atoms with E-state index >= 15 is 0 Å². The summed E-state index contributed by atoms with van der Waals surface area (Å²) >= 11 is 0. The standard InChI is InChI=1S/C10H15N3Si/c1-14-10-9(7-11-13-12-10)8-5-3-2-4-6-8/h7-8H,2-6H2,1H3. The van der Waals surface area contributed by atoms with Crippen molar-refractivity contribution in [1.82, 2.24) is 15.4 Å². The predicted molar refractivity (Wildman–Crippen MR) is 56.9 cm³/mol. The predicted octanol–water partition coefficient (Wildman–Crippen LogP) is 1.30. The van der Waals surface area contributed by atoms with Crippen molar-refractivity contribution in [3.63, 3.8) is 0 Å². The summed E-state index contributed by atoms with van der Waals surface area (Å²) in [5, 5.41) is 12.9. The SMILES string of the molecule is C[Si]c1nnncc1C1CCCCC1. The van der Waals surface area contributed by atoms with Crippen LogP contribution in [0.4, 0.5) is 0 Å². The van der Waals surface area contributed by atoms with Gasteiger partial charge in [0.05, 0.1) is 6.20 Å². The molecular weight excluding hydrogens is 190 g/mol. The first-order valence-corrected chi connectivity index (χ1v) is 6.78. The molecule has 1 aliphatic rings. The van der Waals surface area contributed by atoms with Crippen molar-refractivity contribution in [3.05, 3.63) is 11.8 Å². The second-order valence-electron chi connectivity index (χ2n) is 3.82. The third kappa shape index (κ3) is 2.00. The van der Waals surface area contributed by atoms with Gasteiger partial charge in [-0.3, -0.25) is 0 Å². The van der Waals surface area contributed by atoms with E-state index in [0.29, 0.717) is 5.92 Å². The Morgan fingerprint density at radius 2 is 2.07 bits per heavy atom. The van der Waals surface area contributed by atoms with Crippen LogP contribution in [0.3, 0.4) is 0 Å². The quantitative estimate of drug-likeness (QED) is 0.683. The maximum absolute atomic E-state index is 4.12. The molecule has 0 N–H and O–H groups in total. The molecule has 2 rings (SSSR count). The van der Waals surface area contributed by atoms with Gasteiger partial charge in [0.2, 0.25) is 0 Å². The summed E-state index contributed by atoms with van der Waals surface area (Å²) in [6.45, 7) is 2.16. The van der Waals surface area contributed by atoms with Crippen molar-refractivity contribution < 1.29 is 0 Å². The van der Waals surface area contributed by atoms with Gasteiger partial charge >= 0.3 is 0 Å². The van der Waals surface area contributed by atoms with Gasteiger partial charge in [-0.05, 0) is 29.5 Å². The maximum atomic E-state index is 4.12. The summed E-state index contributed by atoms with van der Waals surface area (Å²) in [5.41, 5.74) is 1.36. The summed E-state index contributed by atoms with van der Waals surface area (Å²) in [6.07, 6.45) is 8.66. The first-order valence-electron chi connectivity index (χ1n) is 5.28. The van der Waals surface area contributed by atoms with Crippen LogP contribution in [-0.4, -0.2) is 24.9 Å². The molecule has 2 radical (unpaired) electrons. The minimum absolute atomic E-state index is 0.703. The highest BCUT2D eigenvalue weighted by Gasteiger charge is 2.18. The van der Waals surface area contributed by atoms with Crippen molar-refractivity contribution in [2.45, 2.75) is 44.6 Å². The van der Waals surface area contributed by atoms with E-state index in [9.17, 15) is 0 Å². The first-order chi connectivity index (χ1) is 6.92. The second kappa shape index (κ2) is 4.64. The molecule has 0 saturated heterocycles. The summed E-state index contributed by atoms with van der Waals surface area (Å²) in [6, 6.07) is 0. The van der Waals surface area contributed by atoms with Gasteiger partial charge in [-0.15, -0.1) is 10.2 Å². The Labute approximate surface area is 87.2 Å². The van der Waals surface area contributed by atoms with Crippen molar-refractivity contribution in [2.75, 3.05) is 0 Å².